The van der Waals surface area contributed by atoms with Gasteiger partial charge in [0.15, 0.2) is 0 Å². The molecule has 1 aliphatic heterocycles. The van der Waals surface area contributed by atoms with Crippen LogP contribution in [0.5, 0.6) is 0 Å². The van der Waals surface area contributed by atoms with Crippen molar-refractivity contribution >= 4 is 0 Å². The number of hydrogen-bond acceptors (Lipinski definition) is 3. The summed E-state index contributed by atoms with van der Waals surface area (Å²) in [6, 6.07) is 0.114. The van der Waals surface area contributed by atoms with Crippen LogP contribution in [-0.2, 0) is 0 Å². The second-order valence-corrected chi connectivity index (χ2v) is 7.70. The first-order valence-electron chi connectivity index (χ1n) is 7.28. The van der Waals surface area contributed by atoms with Crippen molar-refractivity contribution < 1.29 is 5.11 Å². The van der Waals surface area contributed by atoms with E-state index in [1.165, 1.54) is 19.3 Å². The third-order valence-electron chi connectivity index (χ3n) is 4.45. The van der Waals surface area contributed by atoms with E-state index in [-0.39, 0.29) is 24.1 Å². The molecule has 108 valence electrons. The molecule has 1 aliphatic rings. The molecule has 2 unspecified atom stereocenters. The third-order valence-corrected chi connectivity index (χ3v) is 4.45. The topological polar surface area (TPSA) is 49.5 Å². The van der Waals surface area contributed by atoms with Crippen LogP contribution in [0.1, 0.15) is 53.9 Å². The molecular weight excluding hydrogens is 224 g/mol. The van der Waals surface area contributed by atoms with E-state index >= 15 is 0 Å². The first-order chi connectivity index (χ1) is 8.17. The number of rotatable bonds is 3. The van der Waals surface area contributed by atoms with Gasteiger partial charge in [-0.15, -0.1) is 0 Å². The number of aliphatic hydroxyl groups is 1. The predicted molar refractivity (Wildman–Crippen MR) is 77.5 cm³/mol. The molecule has 1 fully saturated rings. The van der Waals surface area contributed by atoms with E-state index in [1.807, 2.05) is 0 Å². The molecule has 0 amide bonds. The van der Waals surface area contributed by atoms with Crippen LogP contribution in [0.15, 0.2) is 0 Å². The number of aliphatic hydroxyl groups excluding tert-OH is 1. The minimum atomic E-state index is 0.0173. The van der Waals surface area contributed by atoms with Crippen molar-refractivity contribution in [1.82, 2.24) is 4.90 Å². The Morgan fingerprint density at radius 3 is 2.33 bits per heavy atom. The van der Waals surface area contributed by atoms with E-state index in [2.05, 4.69) is 39.5 Å². The summed E-state index contributed by atoms with van der Waals surface area (Å²) in [5.74, 6) is 0. The zero-order valence-electron chi connectivity index (χ0n) is 12.9. The standard InChI is InChI=1S/C15H32N2O/c1-14(2,3)13(16)12(11-18)17-9-6-7-15(4,5)8-10-17/h12-13,18H,6-11,16H2,1-5H3. The molecule has 0 bridgehead atoms. The lowest BCUT2D eigenvalue weighted by atomic mass is 9.82. The zero-order chi connectivity index (χ0) is 14.0. The van der Waals surface area contributed by atoms with Crippen LogP contribution in [0.3, 0.4) is 0 Å². The molecule has 0 radical (unpaired) electrons. The first-order valence-corrected chi connectivity index (χ1v) is 7.28. The smallest absolute Gasteiger partial charge is 0.0602 e. The zero-order valence-corrected chi connectivity index (χ0v) is 12.9. The van der Waals surface area contributed by atoms with Crippen molar-refractivity contribution in [2.75, 3.05) is 19.7 Å². The summed E-state index contributed by atoms with van der Waals surface area (Å²) in [7, 11) is 0. The van der Waals surface area contributed by atoms with Crippen molar-refractivity contribution in [3.63, 3.8) is 0 Å². The summed E-state index contributed by atoms with van der Waals surface area (Å²) in [6.07, 6.45) is 3.67. The highest BCUT2D eigenvalue weighted by Crippen LogP contribution is 2.32. The Hall–Kier alpha value is -0.120. The fourth-order valence-corrected chi connectivity index (χ4v) is 2.81. The van der Waals surface area contributed by atoms with Gasteiger partial charge in [0, 0.05) is 12.1 Å². The second kappa shape index (κ2) is 5.89. The molecule has 2 atom stereocenters. The van der Waals surface area contributed by atoms with Gasteiger partial charge in [-0.05, 0) is 43.2 Å². The Balaban J connectivity index is 2.71. The van der Waals surface area contributed by atoms with Crippen LogP contribution in [0.25, 0.3) is 0 Å². The van der Waals surface area contributed by atoms with Crippen molar-refractivity contribution in [3.8, 4) is 0 Å². The highest BCUT2D eigenvalue weighted by molar-refractivity contribution is 4.91. The molecule has 0 aromatic rings. The van der Waals surface area contributed by atoms with Gasteiger partial charge in [-0.25, -0.2) is 0 Å². The van der Waals surface area contributed by atoms with E-state index in [9.17, 15) is 5.11 Å². The Kier molecular flexibility index (Phi) is 5.22. The number of hydrogen-bond donors (Lipinski definition) is 2. The molecule has 1 heterocycles. The molecule has 1 saturated heterocycles. The van der Waals surface area contributed by atoms with E-state index in [0.717, 1.165) is 13.1 Å². The highest BCUT2D eigenvalue weighted by Gasteiger charge is 2.34. The molecule has 1 rings (SSSR count). The van der Waals surface area contributed by atoms with Crippen molar-refractivity contribution in [3.05, 3.63) is 0 Å². The Bertz CT molecular complexity index is 258. The Morgan fingerprint density at radius 1 is 1.22 bits per heavy atom. The van der Waals surface area contributed by atoms with E-state index in [1.54, 1.807) is 0 Å². The SMILES string of the molecule is CC1(C)CCCN(C(CO)C(N)C(C)(C)C)CC1. The third kappa shape index (κ3) is 4.22. The van der Waals surface area contributed by atoms with Crippen LogP contribution < -0.4 is 5.73 Å². The molecule has 3 N–H and O–H groups in total. The van der Waals surface area contributed by atoms with Crippen molar-refractivity contribution in [1.29, 1.82) is 0 Å². The second-order valence-electron chi connectivity index (χ2n) is 7.70. The minimum absolute atomic E-state index is 0.0173. The average molecular weight is 256 g/mol. The lowest BCUT2D eigenvalue weighted by Gasteiger charge is -2.40. The van der Waals surface area contributed by atoms with Crippen molar-refractivity contribution in [2.45, 2.75) is 66.0 Å². The summed E-state index contributed by atoms with van der Waals surface area (Å²) >= 11 is 0. The minimum Gasteiger partial charge on any atom is -0.395 e. The molecule has 3 heteroatoms. The fraction of sp³-hybridized carbons (Fsp3) is 1.00. The van der Waals surface area contributed by atoms with Gasteiger partial charge in [0.2, 0.25) is 0 Å². The number of likely N-dealkylation sites (tertiary alicyclic amines) is 1. The Labute approximate surface area is 113 Å². The number of nitrogens with zero attached hydrogens (tertiary/aromatic N) is 1. The quantitative estimate of drug-likeness (QED) is 0.814. The van der Waals surface area contributed by atoms with E-state index < -0.39 is 0 Å². The van der Waals surface area contributed by atoms with Crippen LogP contribution in [0.2, 0.25) is 0 Å². The molecular formula is C15H32N2O. The molecule has 18 heavy (non-hydrogen) atoms. The maximum absolute atomic E-state index is 9.71. The van der Waals surface area contributed by atoms with Gasteiger partial charge >= 0.3 is 0 Å². The molecule has 0 spiro atoms. The summed E-state index contributed by atoms with van der Waals surface area (Å²) in [4.78, 5) is 2.41. The highest BCUT2D eigenvalue weighted by atomic mass is 16.3. The molecule has 0 aromatic heterocycles. The van der Waals surface area contributed by atoms with Crippen LogP contribution in [-0.4, -0.2) is 41.8 Å². The summed E-state index contributed by atoms with van der Waals surface area (Å²) < 4.78 is 0. The maximum Gasteiger partial charge on any atom is 0.0602 e. The lowest BCUT2D eigenvalue weighted by molar-refractivity contribution is 0.0711. The molecule has 0 aromatic carbocycles. The largest absolute Gasteiger partial charge is 0.395 e. The number of nitrogens with two attached hydrogens (primary N) is 1. The van der Waals surface area contributed by atoms with Gasteiger partial charge in [0.05, 0.1) is 6.61 Å². The summed E-state index contributed by atoms with van der Waals surface area (Å²) in [6.45, 7) is 13.4. The monoisotopic (exact) mass is 256 g/mol. The van der Waals surface area contributed by atoms with E-state index in [0.29, 0.717) is 5.41 Å². The summed E-state index contributed by atoms with van der Waals surface area (Å²) in [5.41, 5.74) is 6.82. The Morgan fingerprint density at radius 2 is 1.83 bits per heavy atom. The van der Waals surface area contributed by atoms with Crippen LogP contribution in [0.4, 0.5) is 0 Å². The molecule has 0 saturated carbocycles. The van der Waals surface area contributed by atoms with Gasteiger partial charge in [-0.3, -0.25) is 4.90 Å². The lowest BCUT2D eigenvalue weighted by Crippen LogP contribution is -2.55. The summed E-state index contributed by atoms with van der Waals surface area (Å²) in [5, 5.41) is 9.71. The van der Waals surface area contributed by atoms with Crippen molar-refractivity contribution in [2.24, 2.45) is 16.6 Å². The first kappa shape index (κ1) is 15.9. The van der Waals surface area contributed by atoms with Gasteiger partial charge in [0.25, 0.3) is 0 Å². The fourth-order valence-electron chi connectivity index (χ4n) is 2.81. The van der Waals surface area contributed by atoms with E-state index in [4.69, 9.17) is 5.73 Å². The normalized spacial score (nSPS) is 25.5. The average Bonchev–Trinajstić information content (AvgIpc) is 2.40. The van der Waals surface area contributed by atoms with Crippen LogP contribution >= 0.6 is 0 Å². The van der Waals surface area contributed by atoms with Gasteiger partial charge in [-0.2, -0.15) is 0 Å². The molecule has 3 nitrogen and oxygen atoms in total. The maximum atomic E-state index is 9.71. The van der Waals surface area contributed by atoms with Gasteiger partial charge < -0.3 is 10.8 Å². The van der Waals surface area contributed by atoms with Gasteiger partial charge in [-0.1, -0.05) is 34.6 Å². The van der Waals surface area contributed by atoms with Gasteiger partial charge in [0.1, 0.15) is 0 Å². The van der Waals surface area contributed by atoms with Crippen LogP contribution in [0, 0.1) is 10.8 Å². The predicted octanol–water partition coefficient (Wildman–Crippen LogP) is 2.23. The molecule has 0 aliphatic carbocycles.